The number of hydrogen-bond donors (Lipinski definition) is 0. The van der Waals surface area contributed by atoms with Gasteiger partial charge in [0.05, 0.1) is 41.2 Å². The van der Waals surface area contributed by atoms with E-state index in [1.54, 1.807) is 41.6 Å². The van der Waals surface area contributed by atoms with Gasteiger partial charge in [0.15, 0.2) is 23.0 Å². The minimum Gasteiger partial charge on any atom is -0.496 e. The number of aromatic nitrogens is 1. The van der Waals surface area contributed by atoms with Crippen LogP contribution in [0.25, 0.3) is 22.4 Å². The summed E-state index contributed by atoms with van der Waals surface area (Å²) >= 11 is 1.37. The number of hydrogen-bond acceptors (Lipinski definition) is 7. The first-order chi connectivity index (χ1) is 13.2. The lowest BCUT2D eigenvalue weighted by Gasteiger charge is -2.14. The fourth-order valence-electron chi connectivity index (χ4n) is 2.85. The van der Waals surface area contributed by atoms with E-state index in [0.29, 0.717) is 28.7 Å². The number of nitrogens with zero attached hydrogens (tertiary/aromatic N) is 1. The molecule has 0 saturated heterocycles. The lowest BCUT2D eigenvalue weighted by atomic mass is 10.0. The molecule has 3 aromatic rings. The molecule has 0 aliphatic heterocycles. The van der Waals surface area contributed by atoms with Crippen molar-refractivity contribution in [1.82, 2.24) is 4.37 Å². The van der Waals surface area contributed by atoms with Crippen molar-refractivity contribution in [2.24, 2.45) is 0 Å². The Hall–Kier alpha value is -2.93. The third kappa shape index (κ3) is 3.50. The highest BCUT2D eigenvalue weighted by atomic mass is 32.1. The Morgan fingerprint density at radius 1 is 0.630 bits per heavy atom. The van der Waals surface area contributed by atoms with Crippen LogP contribution >= 0.6 is 11.5 Å². The molecule has 0 aliphatic rings. The zero-order chi connectivity index (χ0) is 19.4. The Kier molecular flexibility index (Phi) is 5.71. The third-order valence-electron chi connectivity index (χ3n) is 4.23. The largest absolute Gasteiger partial charge is 0.496 e. The Bertz CT molecular complexity index is 938. The first-order valence-electron chi connectivity index (χ1n) is 8.14. The highest BCUT2D eigenvalue weighted by Gasteiger charge is 2.19. The van der Waals surface area contributed by atoms with Gasteiger partial charge in [0.25, 0.3) is 0 Å². The summed E-state index contributed by atoms with van der Waals surface area (Å²) in [5, 5.41) is 1.99. The summed E-state index contributed by atoms with van der Waals surface area (Å²) in [4.78, 5) is 0. The Morgan fingerprint density at radius 2 is 1.22 bits per heavy atom. The van der Waals surface area contributed by atoms with Crippen molar-refractivity contribution in [3.05, 3.63) is 35.7 Å². The summed E-state index contributed by atoms with van der Waals surface area (Å²) in [6.45, 7) is 0. The van der Waals surface area contributed by atoms with Crippen LogP contribution in [0.2, 0.25) is 0 Å². The topological polar surface area (TPSA) is 59.0 Å². The molecular formula is C20H21NO5S. The smallest absolute Gasteiger partial charge is 0.164 e. The summed E-state index contributed by atoms with van der Waals surface area (Å²) in [5.41, 5.74) is 3.55. The minimum absolute atomic E-state index is 0.598. The molecule has 3 rings (SSSR count). The molecule has 0 spiro atoms. The second-order valence-electron chi connectivity index (χ2n) is 5.55. The molecule has 142 valence electrons. The van der Waals surface area contributed by atoms with Crippen molar-refractivity contribution in [2.75, 3.05) is 35.5 Å². The number of benzene rings is 2. The van der Waals surface area contributed by atoms with Gasteiger partial charge in [0.1, 0.15) is 5.75 Å². The molecule has 0 amide bonds. The van der Waals surface area contributed by atoms with E-state index in [1.807, 2.05) is 29.6 Å². The van der Waals surface area contributed by atoms with E-state index < -0.39 is 0 Å². The maximum atomic E-state index is 5.57. The first kappa shape index (κ1) is 18.8. The van der Waals surface area contributed by atoms with Crippen LogP contribution in [0.1, 0.15) is 0 Å². The minimum atomic E-state index is 0.598. The lowest BCUT2D eigenvalue weighted by Crippen LogP contribution is -1.96. The molecule has 6 nitrogen and oxygen atoms in total. The summed E-state index contributed by atoms with van der Waals surface area (Å²) in [6, 6.07) is 9.45. The van der Waals surface area contributed by atoms with Crippen molar-refractivity contribution in [2.45, 2.75) is 0 Å². The van der Waals surface area contributed by atoms with Crippen LogP contribution in [-0.4, -0.2) is 39.9 Å². The highest BCUT2D eigenvalue weighted by Crippen LogP contribution is 2.44. The van der Waals surface area contributed by atoms with Gasteiger partial charge >= 0.3 is 0 Å². The van der Waals surface area contributed by atoms with Gasteiger partial charge in [0, 0.05) is 22.6 Å². The van der Waals surface area contributed by atoms with Gasteiger partial charge in [-0.05, 0) is 35.3 Å². The molecule has 0 radical (unpaired) electrons. The second-order valence-corrected chi connectivity index (χ2v) is 6.18. The van der Waals surface area contributed by atoms with Crippen LogP contribution in [0.3, 0.4) is 0 Å². The van der Waals surface area contributed by atoms with Crippen LogP contribution in [-0.2, 0) is 0 Å². The summed E-state index contributed by atoms with van der Waals surface area (Å²) in [7, 11) is 8.04. The van der Waals surface area contributed by atoms with E-state index in [-0.39, 0.29) is 0 Å². The van der Waals surface area contributed by atoms with E-state index in [9.17, 15) is 0 Å². The number of rotatable bonds is 7. The van der Waals surface area contributed by atoms with Crippen LogP contribution in [0.5, 0.6) is 28.7 Å². The van der Waals surface area contributed by atoms with Crippen molar-refractivity contribution in [3.63, 3.8) is 0 Å². The van der Waals surface area contributed by atoms with Gasteiger partial charge in [-0.1, -0.05) is 6.07 Å². The van der Waals surface area contributed by atoms with E-state index in [2.05, 4.69) is 4.37 Å². The van der Waals surface area contributed by atoms with Crippen molar-refractivity contribution in [3.8, 4) is 51.1 Å². The van der Waals surface area contributed by atoms with Crippen LogP contribution < -0.4 is 23.7 Å². The number of ether oxygens (including phenoxy) is 5. The van der Waals surface area contributed by atoms with Crippen LogP contribution in [0.15, 0.2) is 35.7 Å². The normalized spacial score (nSPS) is 10.4. The Labute approximate surface area is 162 Å². The monoisotopic (exact) mass is 387 g/mol. The van der Waals surface area contributed by atoms with Gasteiger partial charge in [-0.2, -0.15) is 4.37 Å². The molecule has 0 saturated carbocycles. The molecule has 0 bridgehead atoms. The molecule has 7 heteroatoms. The predicted molar refractivity (Wildman–Crippen MR) is 106 cm³/mol. The van der Waals surface area contributed by atoms with Gasteiger partial charge < -0.3 is 23.7 Å². The zero-order valence-corrected chi connectivity index (χ0v) is 16.7. The van der Waals surface area contributed by atoms with Gasteiger partial charge in [-0.25, -0.2) is 0 Å². The zero-order valence-electron chi connectivity index (χ0n) is 15.9. The van der Waals surface area contributed by atoms with Crippen molar-refractivity contribution < 1.29 is 23.7 Å². The molecule has 1 aromatic heterocycles. The van der Waals surface area contributed by atoms with Crippen LogP contribution in [0.4, 0.5) is 0 Å². The fraction of sp³-hybridized carbons (Fsp3) is 0.250. The van der Waals surface area contributed by atoms with E-state index in [1.165, 1.54) is 11.5 Å². The third-order valence-corrected chi connectivity index (χ3v) is 4.85. The highest BCUT2D eigenvalue weighted by molar-refractivity contribution is 7.04. The molecular weight excluding hydrogens is 366 g/mol. The van der Waals surface area contributed by atoms with E-state index in [0.717, 1.165) is 22.4 Å². The van der Waals surface area contributed by atoms with Gasteiger partial charge in [-0.3, -0.25) is 0 Å². The van der Waals surface area contributed by atoms with E-state index >= 15 is 0 Å². The summed E-state index contributed by atoms with van der Waals surface area (Å²) in [6.07, 6.45) is 0. The van der Waals surface area contributed by atoms with E-state index in [4.69, 9.17) is 23.7 Å². The molecule has 0 aliphatic carbocycles. The summed E-state index contributed by atoms with van der Waals surface area (Å²) in [5.74, 6) is 3.20. The molecule has 0 fully saturated rings. The average Bonchev–Trinajstić information content (AvgIpc) is 3.21. The first-order valence-corrected chi connectivity index (χ1v) is 8.97. The van der Waals surface area contributed by atoms with Gasteiger partial charge in [-0.15, -0.1) is 0 Å². The molecule has 0 unspecified atom stereocenters. The maximum Gasteiger partial charge on any atom is 0.164 e. The average molecular weight is 387 g/mol. The summed E-state index contributed by atoms with van der Waals surface area (Å²) < 4.78 is 31.7. The maximum absolute atomic E-state index is 5.57. The SMILES string of the molecule is COc1ccc(-c2csnc2-c2cc(OC)c(OC)cc2OC)cc1OC. The molecule has 0 N–H and O–H groups in total. The Morgan fingerprint density at radius 3 is 1.85 bits per heavy atom. The molecule has 27 heavy (non-hydrogen) atoms. The number of methoxy groups -OCH3 is 5. The van der Waals surface area contributed by atoms with Crippen LogP contribution in [0, 0.1) is 0 Å². The molecule has 2 aromatic carbocycles. The second kappa shape index (κ2) is 8.18. The molecule has 1 heterocycles. The van der Waals surface area contributed by atoms with Crippen molar-refractivity contribution >= 4 is 11.5 Å². The quantitative estimate of drug-likeness (QED) is 0.594. The fourth-order valence-corrected chi connectivity index (χ4v) is 3.56. The van der Waals surface area contributed by atoms with Gasteiger partial charge in [0.2, 0.25) is 0 Å². The standard InChI is InChI=1S/C20H21NO5S/c1-22-15-7-6-12(8-17(15)24-3)14-11-27-21-20(14)13-9-18(25-4)19(26-5)10-16(13)23-2/h6-11H,1-5H3. The predicted octanol–water partition coefficient (Wildman–Crippen LogP) is 4.52. The lowest BCUT2D eigenvalue weighted by molar-refractivity contribution is 0.349. The van der Waals surface area contributed by atoms with Crippen molar-refractivity contribution in [1.29, 1.82) is 0 Å². The molecule has 0 atom stereocenters. The Balaban J connectivity index is 2.16.